The van der Waals surface area contributed by atoms with Gasteiger partial charge in [0.1, 0.15) is 5.82 Å². The lowest BCUT2D eigenvalue weighted by molar-refractivity contribution is -0.123. The van der Waals surface area contributed by atoms with Crippen molar-refractivity contribution in [3.05, 3.63) is 23.9 Å². The van der Waals surface area contributed by atoms with Crippen LogP contribution in [-0.2, 0) is 4.79 Å². The number of hydrogen-bond acceptors (Lipinski definition) is 2. The summed E-state index contributed by atoms with van der Waals surface area (Å²) in [5, 5.41) is 2.77. The molecule has 0 aliphatic carbocycles. The zero-order valence-corrected chi connectivity index (χ0v) is 9.93. The summed E-state index contributed by atoms with van der Waals surface area (Å²) in [5.41, 5.74) is 0.363. The minimum Gasteiger partial charge on any atom is -0.310 e. The van der Waals surface area contributed by atoms with E-state index in [0.29, 0.717) is 5.82 Å². The van der Waals surface area contributed by atoms with Gasteiger partial charge in [-0.1, -0.05) is 6.07 Å². The Hall–Kier alpha value is -1.09. The Bertz CT molecular complexity index is 363. The molecule has 1 aromatic heterocycles. The van der Waals surface area contributed by atoms with E-state index in [1.807, 2.05) is 19.1 Å². The molecule has 15 heavy (non-hydrogen) atoms. The van der Waals surface area contributed by atoms with E-state index in [2.05, 4.69) is 10.3 Å². The van der Waals surface area contributed by atoms with Gasteiger partial charge in [0.2, 0.25) is 5.91 Å². The molecule has 0 saturated heterocycles. The van der Waals surface area contributed by atoms with Crippen LogP contribution in [0.5, 0.6) is 0 Å². The second-order valence-corrected chi connectivity index (χ2v) is 4.41. The fraction of sp³-hybridized carbons (Fsp3) is 0.455. The molecular formula is C11H15ClN2O. The number of aryl methyl sites for hydroxylation is 1. The van der Waals surface area contributed by atoms with Crippen molar-refractivity contribution in [1.82, 2.24) is 4.98 Å². The number of amides is 1. The number of anilines is 1. The van der Waals surface area contributed by atoms with Crippen molar-refractivity contribution in [3.63, 3.8) is 0 Å². The van der Waals surface area contributed by atoms with E-state index >= 15 is 0 Å². The maximum absolute atomic E-state index is 11.8. The highest BCUT2D eigenvalue weighted by molar-refractivity contribution is 6.20. The van der Waals surface area contributed by atoms with Gasteiger partial charge in [0.05, 0.1) is 5.41 Å². The highest BCUT2D eigenvalue weighted by Gasteiger charge is 2.26. The molecule has 0 unspecified atom stereocenters. The van der Waals surface area contributed by atoms with E-state index in [0.717, 1.165) is 5.56 Å². The number of aromatic nitrogens is 1. The van der Waals surface area contributed by atoms with Crippen LogP contribution in [0.25, 0.3) is 0 Å². The van der Waals surface area contributed by atoms with Gasteiger partial charge in [-0.2, -0.15) is 0 Å². The number of nitrogens with zero attached hydrogens (tertiary/aromatic N) is 1. The first kappa shape index (κ1) is 12.0. The van der Waals surface area contributed by atoms with Crippen LogP contribution in [0.3, 0.4) is 0 Å². The Morgan fingerprint density at radius 2 is 2.27 bits per heavy atom. The monoisotopic (exact) mass is 226 g/mol. The summed E-state index contributed by atoms with van der Waals surface area (Å²) in [6, 6.07) is 3.73. The normalized spacial score (nSPS) is 11.2. The summed E-state index contributed by atoms with van der Waals surface area (Å²) in [4.78, 5) is 15.9. The van der Waals surface area contributed by atoms with E-state index in [4.69, 9.17) is 11.6 Å². The number of carbonyl (C=O) groups excluding carboxylic acids is 1. The van der Waals surface area contributed by atoms with Crippen molar-refractivity contribution in [3.8, 4) is 0 Å². The molecule has 82 valence electrons. The molecule has 1 heterocycles. The largest absolute Gasteiger partial charge is 0.310 e. The van der Waals surface area contributed by atoms with Crippen LogP contribution in [0.15, 0.2) is 18.3 Å². The van der Waals surface area contributed by atoms with Gasteiger partial charge in [-0.15, -0.1) is 11.6 Å². The van der Waals surface area contributed by atoms with E-state index < -0.39 is 5.41 Å². The molecule has 0 aliphatic heterocycles. The van der Waals surface area contributed by atoms with Gasteiger partial charge in [0, 0.05) is 12.1 Å². The van der Waals surface area contributed by atoms with E-state index in [9.17, 15) is 4.79 Å². The lowest BCUT2D eigenvalue weighted by Crippen LogP contribution is -2.32. The summed E-state index contributed by atoms with van der Waals surface area (Å²) >= 11 is 5.71. The molecular weight excluding hydrogens is 212 g/mol. The standard InChI is InChI=1S/C11H15ClN2O/c1-8-5-4-6-13-9(8)14-10(15)11(2,3)7-12/h4-6H,7H2,1-3H3,(H,13,14,15). The minimum absolute atomic E-state index is 0.112. The number of halogens is 1. The second-order valence-electron chi connectivity index (χ2n) is 4.14. The first-order valence-corrected chi connectivity index (χ1v) is 5.30. The summed E-state index contributed by atoms with van der Waals surface area (Å²) < 4.78 is 0. The molecule has 1 amide bonds. The highest BCUT2D eigenvalue weighted by Crippen LogP contribution is 2.20. The van der Waals surface area contributed by atoms with Gasteiger partial charge in [0.15, 0.2) is 0 Å². The number of carbonyl (C=O) groups is 1. The molecule has 0 spiro atoms. The lowest BCUT2D eigenvalue weighted by atomic mass is 9.95. The van der Waals surface area contributed by atoms with Gasteiger partial charge in [0.25, 0.3) is 0 Å². The van der Waals surface area contributed by atoms with Gasteiger partial charge in [-0.05, 0) is 32.4 Å². The number of pyridine rings is 1. The molecule has 0 aromatic carbocycles. The third kappa shape index (κ3) is 2.93. The molecule has 0 atom stereocenters. The first-order valence-electron chi connectivity index (χ1n) is 4.76. The molecule has 0 fully saturated rings. The van der Waals surface area contributed by atoms with Crippen molar-refractivity contribution >= 4 is 23.3 Å². The van der Waals surface area contributed by atoms with Crippen molar-refractivity contribution in [2.45, 2.75) is 20.8 Å². The number of nitrogens with one attached hydrogen (secondary N) is 1. The lowest BCUT2D eigenvalue weighted by Gasteiger charge is -2.20. The van der Waals surface area contributed by atoms with Crippen LogP contribution in [0, 0.1) is 12.3 Å². The molecule has 4 heteroatoms. The van der Waals surface area contributed by atoms with Crippen LogP contribution >= 0.6 is 11.6 Å². The fourth-order valence-electron chi connectivity index (χ4n) is 0.954. The van der Waals surface area contributed by atoms with Crippen LogP contribution in [0.4, 0.5) is 5.82 Å². The summed E-state index contributed by atoms with van der Waals surface area (Å²) in [6.45, 7) is 5.50. The minimum atomic E-state index is -0.578. The molecule has 0 radical (unpaired) electrons. The zero-order valence-electron chi connectivity index (χ0n) is 9.17. The summed E-state index contributed by atoms with van der Waals surface area (Å²) in [7, 11) is 0. The van der Waals surface area contributed by atoms with Crippen molar-refractivity contribution in [2.24, 2.45) is 5.41 Å². The molecule has 0 aliphatic rings. The van der Waals surface area contributed by atoms with Crippen molar-refractivity contribution in [1.29, 1.82) is 0 Å². The first-order chi connectivity index (χ1) is 6.97. The number of hydrogen-bond donors (Lipinski definition) is 1. The quantitative estimate of drug-likeness (QED) is 0.805. The van der Waals surface area contributed by atoms with E-state index in [-0.39, 0.29) is 11.8 Å². The molecule has 1 rings (SSSR count). The van der Waals surface area contributed by atoms with Crippen LogP contribution in [0.1, 0.15) is 19.4 Å². The Balaban J connectivity index is 2.80. The third-order valence-corrected chi connectivity index (χ3v) is 2.86. The average molecular weight is 227 g/mol. The maximum atomic E-state index is 11.8. The smallest absolute Gasteiger partial charge is 0.232 e. The summed E-state index contributed by atoms with van der Waals surface area (Å²) in [5.74, 6) is 0.769. The van der Waals surface area contributed by atoms with Gasteiger partial charge in [-0.3, -0.25) is 4.79 Å². The van der Waals surface area contributed by atoms with E-state index in [1.54, 1.807) is 20.0 Å². The fourth-order valence-corrected chi connectivity index (χ4v) is 1.08. The van der Waals surface area contributed by atoms with Crippen molar-refractivity contribution in [2.75, 3.05) is 11.2 Å². The maximum Gasteiger partial charge on any atom is 0.232 e. The SMILES string of the molecule is Cc1cccnc1NC(=O)C(C)(C)CCl. The van der Waals surface area contributed by atoms with Crippen molar-refractivity contribution < 1.29 is 4.79 Å². The number of alkyl halides is 1. The molecule has 0 saturated carbocycles. The van der Waals surface area contributed by atoms with Crippen LogP contribution < -0.4 is 5.32 Å². The predicted octanol–water partition coefficient (Wildman–Crippen LogP) is 2.59. The Morgan fingerprint density at radius 3 is 2.80 bits per heavy atom. The van der Waals surface area contributed by atoms with Gasteiger partial charge >= 0.3 is 0 Å². The third-order valence-electron chi connectivity index (χ3n) is 2.19. The van der Waals surface area contributed by atoms with E-state index in [1.165, 1.54) is 0 Å². The molecule has 1 aromatic rings. The molecule has 1 N–H and O–H groups in total. The van der Waals surface area contributed by atoms with Crippen LogP contribution in [0.2, 0.25) is 0 Å². The Morgan fingerprint density at radius 1 is 1.60 bits per heavy atom. The highest BCUT2D eigenvalue weighted by atomic mass is 35.5. The average Bonchev–Trinajstić information content (AvgIpc) is 2.21. The summed E-state index contributed by atoms with van der Waals surface area (Å²) in [6.07, 6.45) is 1.65. The predicted molar refractivity (Wildman–Crippen MR) is 62.1 cm³/mol. The second kappa shape index (κ2) is 4.62. The Kier molecular flexibility index (Phi) is 3.69. The zero-order chi connectivity index (χ0) is 11.5. The molecule has 0 bridgehead atoms. The van der Waals surface area contributed by atoms with Crippen LogP contribution in [-0.4, -0.2) is 16.8 Å². The van der Waals surface area contributed by atoms with Gasteiger partial charge < -0.3 is 5.32 Å². The Labute approximate surface area is 94.9 Å². The number of rotatable bonds is 3. The molecule has 3 nitrogen and oxygen atoms in total. The van der Waals surface area contributed by atoms with Gasteiger partial charge in [-0.25, -0.2) is 4.98 Å². The topological polar surface area (TPSA) is 42.0 Å².